The van der Waals surface area contributed by atoms with E-state index in [9.17, 15) is 0 Å². The van der Waals surface area contributed by atoms with E-state index < -0.39 is 0 Å². The molecule has 0 atom stereocenters. The summed E-state index contributed by atoms with van der Waals surface area (Å²) in [6, 6.07) is 11.9. The van der Waals surface area contributed by atoms with Crippen LogP contribution in [0.1, 0.15) is 18.2 Å². The predicted molar refractivity (Wildman–Crippen MR) is 78.9 cm³/mol. The smallest absolute Gasteiger partial charge is 0.161 e. The van der Waals surface area contributed by atoms with Gasteiger partial charge < -0.3 is 14.8 Å². The van der Waals surface area contributed by atoms with E-state index in [1.54, 1.807) is 13.3 Å². The molecule has 0 spiro atoms. The zero-order chi connectivity index (χ0) is 14.2. The van der Waals surface area contributed by atoms with Gasteiger partial charge in [-0.05, 0) is 36.8 Å². The van der Waals surface area contributed by atoms with Crippen LogP contribution in [0.2, 0.25) is 0 Å². The number of hydrogen-bond donors (Lipinski definition) is 1. The van der Waals surface area contributed by atoms with Crippen molar-refractivity contribution in [2.24, 2.45) is 0 Å². The molecule has 1 aromatic carbocycles. The molecule has 1 aromatic heterocycles. The van der Waals surface area contributed by atoms with Gasteiger partial charge in [-0.25, -0.2) is 0 Å². The SMILES string of the molecule is CCOc1ccc(CNCc2ccccn2)cc1OC. The van der Waals surface area contributed by atoms with E-state index in [2.05, 4.69) is 10.3 Å². The van der Waals surface area contributed by atoms with Crippen LogP contribution >= 0.6 is 0 Å². The molecule has 0 fully saturated rings. The highest BCUT2D eigenvalue weighted by Crippen LogP contribution is 2.27. The van der Waals surface area contributed by atoms with Crippen LogP contribution in [0.25, 0.3) is 0 Å². The van der Waals surface area contributed by atoms with Crippen molar-refractivity contribution in [1.29, 1.82) is 0 Å². The van der Waals surface area contributed by atoms with Gasteiger partial charge in [0.15, 0.2) is 11.5 Å². The van der Waals surface area contributed by atoms with Gasteiger partial charge in [0.2, 0.25) is 0 Å². The Kier molecular flexibility index (Phi) is 5.38. The summed E-state index contributed by atoms with van der Waals surface area (Å²) in [6.45, 7) is 4.10. The van der Waals surface area contributed by atoms with E-state index in [1.807, 2.05) is 43.3 Å². The predicted octanol–water partition coefficient (Wildman–Crippen LogP) is 2.78. The number of methoxy groups -OCH3 is 1. The van der Waals surface area contributed by atoms with Crippen LogP contribution in [0.5, 0.6) is 11.5 Å². The quantitative estimate of drug-likeness (QED) is 0.841. The van der Waals surface area contributed by atoms with Gasteiger partial charge in [0, 0.05) is 19.3 Å². The summed E-state index contributed by atoms with van der Waals surface area (Å²) in [7, 11) is 1.66. The fourth-order valence-corrected chi connectivity index (χ4v) is 1.93. The summed E-state index contributed by atoms with van der Waals surface area (Å²) in [4.78, 5) is 4.27. The first-order chi connectivity index (χ1) is 9.83. The van der Waals surface area contributed by atoms with Crippen LogP contribution in [0.3, 0.4) is 0 Å². The maximum absolute atomic E-state index is 5.50. The van der Waals surface area contributed by atoms with Crippen LogP contribution in [-0.2, 0) is 13.1 Å². The summed E-state index contributed by atoms with van der Waals surface area (Å²) >= 11 is 0. The van der Waals surface area contributed by atoms with Crippen LogP contribution in [0, 0.1) is 0 Å². The standard InChI is InChI=1S/C16H20N2O2/c1-3-20-15-8-7-13(10-16(15)19-2)11-17-12-14-6-4-5-9-18-14/h4-10,17H,3,11-12H2,1-2H3. The summed E-state index contributed by atoms with van der Waals surface area (Å²) in [5.74, 6) is 1.55. The lowest BCUT2D eigenvalue weighted by atomic mass is 10.2. The highest BCUT2D eigenvalue weighted by molar-refractivity contribution is 5.42. The van der Waals surface area contributed by atoms with Crippen molar-refractivity contribution in [3.63, 3.8) is 0 Å². The molecule has 0 saturated carbocycles. The number of ether oxygens (including phenoxy) is 2. The van der Waals surface area contributed by atoms with Gasteiger partial charge in [-0.15, -0.1) is 0 Å². The van der Waals surface area contributed by atoms with E-state index in [4.69, 9.17) is 9.47 Å². The average molecular weight is 272 g/mol. The fourth-order valence-electron chi connectivity index (χ4n) is 1.93. The Hall–Kier alpha value is -2.07. The topological polar surface area (TPSA) is 43.4 Å². The number of rotatable bonds is 7. The van der Waals surface area contributed by atoms with E-state index in [0.717, 1.165) is 35.8 Å². The molecule has 0 saturated heterocycles. The van der Waals surface area contributed by atoms with E-state index in [0.29, 0.717) is 6.61 Å². The normalized spacial score (nSPS) is 10.3. The molecule has 20 heavy (non-hydrogen) atoms. The number of nitrogens with one attached hydrogen (secondary N) is 1. The second kappa shape index (κ2) is 7.50. The number of benzene rings is 1. The lowest BCUT2D eigenvalue weighted by Crippen LogP contribution is -2.13. The molecular weight excluding hydrogens is 252 g/mol. The zero-order valence-electron chi connectivity index (χ0n) is 11.9. The molecule has 1 heterocycles. The third kappa shape index (κ3) is 3.96. The van der Waals surface area contributed by atoms with Gasteiger partial charge in [-0.3, -0.25) is 4.98 Å². The van der Waals surface area contributed by atoms with Gasteiger partial charge >= 0.3 is 0 Å². The molecular formula is C16H20N2O2. The summed E-state index contributed by atoms with van der Waals surface area (Å²) in [6.07, 6.45) is 1.80. The minimum atomic E-state index is 0.633. The maximum Gasteiger partial charge on any atom is 0.161 e. The van der Waals surface area contributed by atoms with Crippen LogP contribution in [0.4, 0.5) is 0 Å². The Morgan fingerprint density at radius 2 is 2.00 bits per heavy atom. The van der Waals surface area contributed by atoms with Gasteiger partial charge in [-0.1, -0.05) is 12.1 Å². The second-order valence-corrected chi connectivity index (χ2v) is 4.34. The second-order valence-electron chi connectivity index (χ2n) is 4.34. The minimum Gasteiger partial charge on any atom is -0.493 e. The van der Waals surface area contributed by atoms with Gasteiger partial charge in [0.05, 0.1) is 19.4 Å². The largest absolute Gasteiger partial charge is 0.493 e. The highest BCUT2D eigenvalue weighted by Gasteiger charge is 2.05. The lowest BCUT2D eigenvalue weighted by molar-refractivity contribution is 0.310. The fraction of sp³-hybridized carbons (Fsp3) is 0.312. The molecule has 0 amide bonds. The monoisotopic (exact) mass is 272 g/mol. The van der Waals surface area contributed by atoms with Crippen molar-refractivity contribution < 1.29 is 9.47 Å². The first-order valence-electron chi connectivity index (χ1n) is 6.74. The first kappa shape index (κ1) is 14.3. The summed E-state index contributed by atoms with van der Waals surface area (Å²) in [5, 5.41) is 3.36. The molecule has 106 valence electrons. The first-order valence-corrected chi connectivity index (χ1v) is 6.74. The van der Waals surface area contributed by atoms with E-state index >= 15 is 0 Å². The minimum absolute atomic E-state index is 0.633. The van der Waals surface area contributed by atoms with E-state index in [1.165, 1.54) is 0 Å². The van der Waals surface area contributed by atoms with Crippen molar-refractivity contribution >= 4 is 0 Å². The van der Waals surface area contributed by atoms with Gasteiger partial charge in [0.1, 0.15) is 0 Å². The Balaban J connectivity index is 1.93. The molecule has 4 heteroatoms. The molecule has 0 aliphatic carbocycles. The molecule has 0 unspecified atom stereocenters. The van der Waals surface area contributed by atoms with Crippen molar-refractivity contribution in [1.82, 2.24) is 10.3 Å². The lowest BCUT2D eigenvalue weighted by Gasteiger charge is -2.11. The molecule has 1 N–H and O–H groups in total. The van der Waals surface area contributed by atoms with Crippen molar-refractivity contribution in [3.8, 4) is 11.5 Å². The molecule has 4 nitrogen and oxygen atoms in total. The molecule has 0 bridgehead atoms. The molecule has 0 aliphatic heterocycles. The van der Waals surface area contributed by atoms with Crippen LogP contribution < -0.4 is 14.8 Å². The van der Waals surface area contributed by atoms with Gasteiger partial charge in [0.25, 0.3) is 0 Å². The molecule has 2 aromatic rings. The number of hydrogen-bond acceptors (Lipinski definition) is 4. The number of aromatic nitrogens is 1. The Morgan fingerprint density at radius 1 is 1.10 bits per heavy atom. The van der Waals surface area contributed by atoms with Crippen LogP contribution in [0.15, 0.2) is 42.6 Å². The third-order valence-corrected chi connectivity index (χ3v) is 2.89. The van der Waals surface area contributed by atoms with Crippen LogP contribution in [-0.4, -0.2) is 18.7 Å². The van der Waals surface area contributed by atoms with Crippen molar-refractivity contribution in [3.05, 3.63) is 53.9 Å². The van der Waals surface area contributed by atoms with E-state index in [-0.39, 0.29) is 0 Å². The van der Waals surface area contributed by atoms with Gasteiger partial charge in [-0.2, -0.15) is 0 Å². The number of pyridine rings is 1. The average Bonchev–Trinajstić information content (AvgIpc) is 2.50. The molecule has 0 aliphatic rings. The summed E-state index contributed by atoms with van der Waals surface area (Å²) < 4.78 is 10.8. The Bertz CT molecular complexity index is 529. The summed E-state index contributed by atoms with van der Waals surface area (Å²) in [5.41, 5.74) is 2.19. The third-order valence-electron chi connectivity index (χ3n) is 2.89. The molecule has 2 rings (SSSR count). The zero-order valence-corrected chi connectivity index (χ0v) is 11.9. The molecule has 0 radical (unpaired) electrons. The maximum atomic E-state index is 5.50. The Morgan fingerprint density at radius 3 is 2.70 bits per heavy atom. The van der Waals surface area contributed by atoms with Crippen molar-refractivity contribution in [2.75, 3.05) is 13.7 Å². The highest BCUT2D eigenvalue weighted by atomic mass is 16.5. The van der Waals surface area contributed by atoms with Crippen molar-refractivity contribution in [2.45, 2.75) is 20.0 Å². The Labute approximate surface area is 119 Å². The number of nitrogens with zero attached hydrogens (tertiary/aromatic N) is 1.